The summed E-state index contributed by atoms with van der Waals surface area (Å²) in [4.78, 5) is 16.1. The highest BCUT2D eigenvalue weighted by molar-refractivity contribution is 7.15. The maximum atomic E-state index is 12.5. The van der Waals surface area contributed by atoms with Crippen LogP contribution in [0.5, 0.6) is 0 Å². The van der Waals surface area contributed by atoms with Crippen LogP contribution in [0.3, 0.4) is 0 Å². The van der Waals surface area contributed by atoms with Crippen molar-refractivity contribution in [2.45, 2.75) is 12.7 Å². The lowest BCUT2D eigenvalue weighted by molar-refractivity contribution is -0.159. The zero-order valence-electron chi connectivity index (χ0n) is 12.2. The summed E-state index contributed by atoms with van der Waals surface area (Å²) in [5.41, 5.74) is 0.419. The van der Waals surface area contributed by atoms with E-state index in [1.54, 1.807) is 23.0 Å². The smallest absolute Gasteiger partial charge is 0.355 e. The van der Waals surface area contributed by atoms with E-state index in [0.29, 0.717) is 17.0 Å². The Morgan fingerprint density at radius 1 is 1.42 bits per heavy atom. The Morgan fingerprint density at radius 3 is 2.88 bits per heavy atom. The standard InChI is InChI=1S/C13H10F3N5O2S/c1-17-11(22)7-4-18-21(5-7)6-8-2-3-9(24-8)10-19-12(23-20-10)13(14,15)16/h2-5H,6H2,1H3,(H,17,22). The lowest BCUT2D eigenvalue weighted by Crippen LogP contribution is -2.16. The summed E-state index contributed by atoms with van der Waals surface area (Å²) in [6.45, 7) is 0.367. The van der Waals surface area contributed by atoms with Crippen LogP contribution < -0.4 is 5.32 Å². The summed E-state index contributed by atoms with van der Waals surface area (Å²) in [5, 5.41) is 9.89. The number of carbonyl (C=O) groups excluding carboxylic acids is 1. The summed E-state index contributed by atoms with van der Waals surface area (Å²) < 4.78 is 43.2. The van der Waals surface area contributed by atoms with Crippen LogP contribution in [0.2, 0.25) is 0 Å². The third kappa shape index (κ3) is 3.30. The molecule has 1 amide bonds. The Bertz CT molecular complexity index is 867. The lowest BCUT2D eigenvalue weighted by Gasteiger charge is -1.97. The van der Waals surface area contributed by atoms with Gasteiger partial charge in [0.05, 0.1) is 23.2 Å². The van der Waals surface area contributed by atoms with Gasteiger partial charge in [0.25, 0.3) is 5.91 Å². The highest BCUT2D eigenvalue weighted by atomic mass is 32.1. The molecule has 11 heteroatoms. The maximum Gasteiger partial charge on any atom is 0.471 e. The molecule has 3 heterocycles. The molecule has 1 N–H and O–H groups in total. The van der Waals surface area contributed by atoms with Crippen molar-refractivity contribution in [3.05, 3.63) is 40.9 Å². The monoisotopic (exact) mass is 357 g/mol. The van der Waals surface area contributed by atoms with Gasteiger partial charge < -0.3 is 9.84 Å². The number of thiophene rings is 1. The van der Waals surface area contributed by atoms with Crippen LogP contribution in [0.4, 0.5) is 13.2 Å². The first kappa shape index (κ1) is 16.2. The predicted octanol–water partition coefficient (Wildman–Crippen LogP) is 2.42. The van der Waals surface area contributed by atoms with Crippen molar-refractivity contribution in [1.29, 1.82) is 0 Å². The van der Waals surface area contributed by atoms with Crippen molar-refractivity contribution in [2.24, 2.45) is 0 Å². The lowest BCUT2D eigenvalue weighted by atomic mass is 10.3. The second kappa shape index (κ2) is 6.07. The van der Waals surface area contributed by atoms with Crippen molar-refractivity contribution in [2.75, 3.05) is 7.05 Å². The van der Waals surface area contributed by atoms with E-state index in [4.69, 9.17) is 0 Å². The van der Waals surface area contributed by atoms with Gasteiger partial charge in [-0.25, -0.2) is 0 Å². The second-order valence-electron chi connectivity index (χ2n) is 4.69. The first-order valence-corrected chi connectivity index (χ1v) is 7.43. The molecule has 0 aliphatic carbocycles. The highest BCUT2D eigenvalue weighted by Gasteiger charge is 2.38. The number of amides is 1. The molecule has 0 saturated heterocycles. The minimum atomic E-state index is -4.67. The number of nitrogens with zero attached hydrogens (tertiary/aromatic N) is 4. The van der Waals surface area contributed by atoms with E-state index >= 15 is 0 Å². The van der Waals surface area contributed by atoms with Gasteiger partial charge in [0.2, 0.25) is 5.82 Å². The first-order valence-electron chi connectivity index (χ1n) is 6.61. The molecule has 0 fully saturated rings. The molecule has 0 atom stereocenters. The van der Waals surface area contributed by atoms with Gasteiger partial charge in [-0.15, -0.1) is 11.3 Å². The Morgan fingerprint density at radius 2 is 2.21 bits per heavy atom. The van der Waals surface area contributed by atoms with E-state index in [1.807, 2.05) is 0 Å². The molecular weight excluding hydrogens is 347 g/mol. The van der Waals surface area contributed by atoms with Gasteiger partial charge in [-0.3, -0.25) is 9.48 Å². The van der Waals surface area contributed by atoms with E-state index in [9.17, 15) is 18.0 Å². The van der Waals surface area contributed by atoms with Gasteiger partial charge in [-0.1, -0.05) is 5.16 Å². The molecule has 0 aromatic carbocycles. The quantitative estimate of drug-likeness (QED) is 0.775. The zero-order valence-corrected chi connectivity index (χ0v) is 13.0. The average Bonchev–Trinajstić information content (AvgIpc) is 3.25. The fraction of sp³-hybridized carbons (Fsp3) is 0.231. The molecule has 0 spiro atoms. The SMILES string of the molecule is CNC(=O)c1cnn(Cc2ccc(-c3noc(C(F)(F)F)n3)s2)c1. The molecule has 3 aromatic rings. The Labute approximate surface area is 137 Å². The second-order valence-corrected chi connectivity index (χ2v) is 5.86. The molecule has 0 radical (unpaired) electrons. The van der Waals surface area contributed by atoms with Crippen LogP contribution >= 0.6 is 11.3 Å². The number of halogens is 3. The number of aromatic nitrogens is 4. The van der Waals surface area contributed by atoms with Crippen LogP contribution in [0.15, 0.2) is 29.0 Å². The van der Waals surface area contributed by atoms with Crippen molar-refractivity contribution in [1.82, 2.24) is 25.2 Å². The highest BCUT2D eigenvalue weighted by Crippen LogP contribution is 2.31. The van der Waals surface area contributed by atoms with Gasteiger partial charge in [-0.2, -0.15) is 23.3 Å². The van der Waals surface area contributed by atoms with E-state index < -0.39 is 12.1 Å². The molecular formula is C13H10F3N5O2S. The summed E-state index contributed by atoms with van der Waals surface area (Å²) in [7, 11) is 1.52. The third-order valence-corrected chi connectivity index (χ3v) is 4.06. The summed E-state index contributed by atoms with van der Waals surface area (Å²) >= 11 is 1.21. The van der Waals surface area contributed by atoms with Gasteiger partial charge in [-0.05, 0) is 12.1 Å². The summed E-state index contributed by atoms with van der Waals surface area (Å²) in [5.74, 6) is -1.75. The van der Waals surface area contributed by atoms with E-state index in [2.05, 4.69) is 25.1 Å². The fourth-order valence-corrected chi connectivity index (χ4v) is 2.82. The summed E-state index contributed by atoms with van der Waals surface area (Å²) in [6.07, 6.45) is -1.66. The maximum absolute atomic E-state index is 12.5. The first-order chi connectivity index (χ1) is 11.4. The van der Waals surface area contributed by atoms with Gasteiger partial charge >= 0.3 is 12.1 Å². The number of alkyl halides is 3. The number of hydrogen-bond donors (Lipinski definition) is 1. The van der Waals surface area contributed by atoms with Gasteiger partial charge in [0, 0.05) is 18.1 Å². The minimum absolute atomic E-state index is 0.120. The number of rotatable bonds is 4. The zero-order chi connectivity index (χ0) is 17.3. The average molecular weight is 357 g/mol. The fourth-order valence-electron chi connectivity index (χ4n) is 1.89. The minimum Gasteiger partial charge on any atom is -0.355 e. The normalized spacial score (nSPS) is 11.7. The molecule has 0 unspecified atom stereocenters. The molecule has 7 nitrogen and oxygen atoms in total. The molecule has 3 aromatic heterocycles. The third-order valence-electron chi connectivity index (χ3n) is 2.99. The topological polar surface area (TPSA) is 85.8 Å². The molecule has 126 valence electrons. The molecule has 0 aliphatic heterocycles. The van der Waals surface area contributed by atoms with Crippen LogP contribution in [0, 0.1) is 0 Å². The van der Waals surface area contributed by atoms with Crippen molar-refractivity contribution < 1.29 is 22.5 Å². The van der Waals surface area contributed by atoms with Crippen LogP contribution in [0.1, 0.15) is 21.1 Å². The van der Waals surface area contributed by atoms with Gasteiger partial charge in [0.1, 0.15) is 0 Å². The van der Waals surface area contributed by atoms with E-state index in [-0.39, 0.29) is 11.7 Å². The largest absolute Gasteiger partial charge is 0.471 e. The van der Waals surface area contributed by atoms with Crippen molar-refractivity contribution in [3.63, 3.8) is 0 Å². The van der Waals surface area contributed by atoms with Crippen LogP contribution in [-0.2, 0) is 12.7 Å². The Kier molecular flexibility index (Phi) is 4.09. The number of carbonyl (C=O) groups is 1. The van der Waals surface area contributed by atoms with E-state index in [1.165, 1.54) is 24.6 Å². The van der Waals surface area contributed by atoms with Crippen LogP contribution in [-0.4, -0.2) is 32.9 Å². The molecule has 0 bridgehead atoms. The predicted molar refractivity (Wildman–Crippen MR) is 77.3 cm³/mol. The summed E-state index contributed by atoms with van der Waals surface area (Å²) in [6, 6.07) is 3.33. The molecule has 0 saturated carbocycles. The van der Waals surface area contributed by atoms with Gasteiger partial charge in [0.15, 0.2) is 0 Å². The Hall–Kier alpha value is -2.69. The number of hydrogen-bond acceptors (Lipinski definition) is 6. The molecule has 0 aliphatic rings. The Balaban J connectivity index is 1.75. The van der Waals surface area contributed by atoms with Crippen molar-refractivity contribution in [3.8, 4) is 10.7 Å². The van der Waals surface area contributed by atoms with Crippen LogP contribution in [0.25, 0.3) is 10.7 Å². The molecule has 24 heavy (non-hydrogen) atoms. The van der Waals surface area contributed by atoms with Crippen molar-refractivity contribution >= 4 is 17.2 Å². The van der Waals surface area contributed by atoms with E-state index in [0.717, 1.165) is 4.88 Å². The number of nitrogens with one attached hydrogen (secondary N) is 1. The molecule has 3 rings (SSSR count).